The molecule has 5 rings (SSSR count). The molecule has 3 nitrogen and oxygen atoms in total. The smallest absolute Gasteiger partial charge is 0.108 e. The van der Waals surface area contributed by atoms with Gasteiger partial charge in [-0.05, 0) is 74.5 Å². The average molecular weight is 288 g/mol. The van der Waals surface area contributed by atoms with E-state index in [1.807, 2.05) is 19.4 Å². The standard InChI is InChI=1S/C18H28N2O/c1-20-5-4-19-17(20)3-2-16(21)12-18-9-13-6-14(10-18)8-15(7-13)11-18/h4-5,13-16,21H,2-3,6-12H2,1H3. The lowest BCUT2D eigenvalue weighted by atomic mass is 9.48. The third-order valence-corrected chi connectivity index (χ3v) is 6.46. The van der Waals surface area contributed by atoms with E-state index in [0.717, 1.165) is 42.8 Å². The fourth-order valence-corrected chi connectivity index (χ4v) is 6.07. The average Bonchev–Trinajstić information content (AvgIpc) is 2.79. The van der Waals surface area contributed by atoms with Crippen LogP contribution in [0.5, 0.6) is 0 Å². The number of aliphatic hydroxyl groups excluding tert-OH is 1. The Labute approximate surface area is 127 Å². The van der Waals surface area contributed by atoms with Crippen molar-refractivity contribution < 1.29 is 5.11 Å². The minimum Gasteiger partial charge on any atom is -0.393 e. The van der Waals surface area contributed by atoms with Crippen LogP contribution in [0.2, 0.25) is 0 Å². The highest BCUT2D eigenvalue weighted by molar-refractivity contribution is 5.02. The molecule has 4 aliphatic rings. The van der Waals surface area contributed by atoms with Crippen LogP contribution in [-0.4, -0.2) is 20.8 Å². The van der Waals surface area contributed by atoms with Crippen LogP contribution in [0.4, 0.5) is 0 Å². The van der Waals surface area contributed by atoms with Crippen molar-refractivity contribution >= 4 is 0 Å². The fraction of sp³-hybridized carbons (Fsp3) is 0.833. The van der Waals surface area contributed by atoms with Crippen molar-refractivity contribution in [1.29, 1.82) is 0 Å². The zero-order valence-corrected chi connectivity index (χ0v) is 13.2. The molecular weight excluding hydrogens is 260 g/mol. The first-order valence-corrected chi connectivity index (χ1v) is 8.76. The number of aromatic nitrogens is 2. The summed E-state index contributed by atoms with van der Waals surface area (Å²) in [4.78, 5) is 4.37. The maximum absolute atomic E-state index is 10.6. The third kappa shape index (κ3) is 2.65. The monoisotopic (exact) mass is 288 g/mol. The fourth-order valence-electron chi connectivity index (χ4n) is 6.07. The Kier molecular flexibility index (Phi) is 3.36. The molecule has 0 saturated heterocycles. The van der Waals surface area contributed by atoms with Gasteiger partial charge in [-0.3, -0.25) is 0 Å². The summed E-state index contributed by atoms with van der Waals surface area (Å²) in [5, 5.41) is 10.6. The van der Waals surface area contributed by atoms with Crippen LogP contribution < -0.4 is 0 Å². The topological polar surface area (TPSA) is 38.0 Å². The quantitative estimate of drug-likeness (QED) is 0.902. The number of imidazole rings is 1. The largest absolute Gasteiger partial charge is 0.393 e. The van der Waals surface area contributed by atoms with E-state index in [2.05, 4.69) is 9.55 Å². The first kappa shape index (κ1) is 13.8. The van der Waals surface area contributed by atoms with Gasteiger partial charge in [0.1, 0.15) is 5.82 Å². The van der Waals surface area contributed by atoms with Gasteiger partial charge >= 0.3 is 0 Å². The van der Waals surface area contributed by atoms with E-state index in [1.54, 1.807) is 0 Å². The Morgan fingerprint density at radius 2 is 1.86 bits per heavy atom. The van der Waals surface area contributed by atoms with E-state index in [0.29, 0.717) is 5.41 Å². The van der Waals surface area contributed by atoms with Crippen molar-refractivity contribution in [3.63, 3.8) is 0 Å². The molecule has 0 radical (unpaired) electrons. The van der Waals surface area contributed by atoms with E-state index in [9.17, 15) is 5.11 Å². The van der Waals surface area contributed by atoms with Crippen LogP contribution in [-0.2, 0) is 13.5 Å². The molecule has 0 aromatic carbocycles. The molecule has 21 heavy (non-hydrogen) atoms. The second kappa shape index (κ2) is 5.12. The SMILES string of the molecule is Cn1ccnc1CCC(O)CC12CC3CC(CC(C3)C1)C2. The zero-order valence-electron chi connectivity index (χ0n) is 13.2. The summed E-state index contributed by atoms with van der Waals surface area (Å²) in [6.45, 7) is 0. The molecule has 1 N–H and O–H groups in total. The third-order valence-electron chi connectivity index (χ3n) is 6.46. The van der Waals surface area contributed by atoms with E-state index in [1.165, 1.54) is 38.5 Å². The van der Waals surface area contributed by atoms with Gasteiger partial charge in [-0.2, -0.15) is 0 Å². The molecule has 1 aromatic rings. The van der Waals surface area contributed by atoms with Crippen molar-refractivity contribution in [3.8, 4) is 0 Å². The van der Waals surface area contributed by atoms with E-state index in [-0.39, 0.29) is 6.10 Å². The molecule has 0 spiro atoms. The Hall–Kier alpha value is -0.830. The minimum absolute atomic E-state index is 0.141. The molecule has 1 aromatic heterocycles. The van der Waals surface area contributed by atoms with E-state index < -0.39 is 0 Å². The Balaban J connectivity index is 1.36. The Morgan fingerprint density at radius 1 is 1.24 bits per heavy atom. The molecule has 0 amide bonds. The first-order chi connectivity index (χ1) is 10.1. The van der Waals surface area contributed by atoms with Crippen LogP contribution in [0.3, 0.4) is 0 Å². The number of aliphatic hydroxyl groups is 1. The molecule has 116 valence electrons. The number of hydrogen-bond acceptors (Lipinski definition) is 2. The molecule has 4 bridgehead atoms. The summed E-state index contributed by atoms with van der Waals surface area (Å²) in [5.41, 5.74) is 0.496. The maximum Gasteiger partial charge on any atom is 0.108 e. The summed E-state index contributed by atoms with van der Waals surface area (Å²) < 4.78 is 2.07. The highest BCUT2D eigenvalue weighted by Crippen LogP contribution is 2.61. The van der Waals surface area contributed by atoms with Gasteiger partial charge in [0, 0.05) is 25.9 Å². The second-order valence-corrected chi connectivity index (χ2v) is 8.27. The van der Waals surface area contributed by atoms with Crippen molar-refractivity contribution in [2.75, 3.05) is 0 Å². The lowest BCUT2D eigenvalue weighted by Gasteiger charge is -2.57. The summed E-state index contributed by atoms with van der Waals surface area (Å²) >= 11 is 0. The second-order valence-electron chi connectivity index (χ2n) is 8.27. The first-order valence-electron chi connectivity index (χ1n) is 8.76. The predicted molar refractivity (Wildman–Crippen MR) is 82.8 cm³/mol. The van der Waals surface area contributed by atoms with Crippen LogP contribution in [0, 0.1) is 23.2 Å². The summed E-state index contributed by atoms with van der Waals surface area (Å²) in [6.07, 6.45) is 15.2. The lowest BCUT2D eigenvalue weighted by molar-refractivity contribution is -0.0766. The van der Waals surface area contributed by atoms with E-state index in [4.69, 9.17) is 0 Å². The van der Waals surface area contributed by atoms with Crippen molar-refractivity contribution in [3.05, 3.63) is 18.2 Å². The summed E-state index contributed by atoms with van der Waals surface area (Å²) in [5.74, 6) is 4.05. The van der Waals surface area contributed by atoms with Crippen LogP contribution in [0.25, 0.3) is 0 Å². The van der Waals surface area contributed by atoms with Crippen LogP contribution >= 0.6 is 0 Å². The molecule has 4 saturated carbocycles. The zero-order chi connectivity index (χ0) is 14.4. The molecule has 0 aliphatic heterocycles. The summed E-state index contributed by atoms with van der Waals surface area (Å²) in [6, 6.07) is 0. The normalized spacial score (nSPS) is 38.9. The molecule has 4 aliphatic carbocycles. The molecule has 1 unspecified atom stereocenters. The van der Waals surface area contributed by atoms with Crippen molar-refractivity contribution in [2.24, 2.45) is 30.2 Å². The van der Waals surface area contributed by atoms with Gasteiger partial charge in [-0.1, -0.05) is 0 Å². The number of hydrogen-bond donors (Lipinski definition) is 1. The van der Waals surface area contributed by atoms with Gasteiger partial charge in [-0.15, -0.1) is 0 Å². The van der Waals surface area contributed by atoms with Gasteiger partial charge in [-0.25, -0.2) is 4.98 Å². The van der Waals surface area contributed by atoms with Gasteiger partial charge in [0.05, 0.1) is 6.10 Å². The molecule has 1 atom stereocenters. The highest BCUT2D eigenvalue weighted by atomic mass is 16.3. The number of aryl methyl sites for hydroxylation is 2. The molecule has 1 heterocycles. The van der Waals surface area contributed by atoms with Crippen molar-refractivity contribution in [2.45, 2.75) is 63.9 Å². The van der Waals surface area contributed by atoms with Gasteiger partial charge < -0.3 is 9.67 Å². The van der Waals surface area contributed by atoms with Gasteiger partial charge in [0.25, 0.3) is 0 Å². The number of nitrogens with zero attached hydrogens (tertiary/aromatic N) is 2. The predicted octanol–water partition coefficient (Wildman–Crippen LogP) is 3.32. The Bertz CT molecular complexity index is 472. The van der Waals surface area contributed by atoms with Crippen LogP contribution in [0.1, 0.15) is 57.2 Å². The van der Waals surface area contributed by atoms with E-state index >= 15 is 0 Å². The molecule has 4 fully saturated rings. The van der Waals surface area contributed by atoms with Crippen LogP contribution in [0.15, 0.2) is 12.4 Å². The highest BCUT2D eigenvalue weighted by Gasteiger charge is 2.51. The van der Waals surface area contributed by atoms with Gasteiger partial charge in [0.15, 0.2) is 0 Å². The number of rotatable bonds is 5. The summed E-state index contributed by atoms with van der Waals surface area (Å²) in [7, 11) is 2.04. The Morgan fingerprint density at radius 3 is 2.38 bits per heavy atom. The minimum atomic E-state index is -0.141. The van der Waals surface area contributed by atoms with Gasteiger partial charge in [0.2, 0.25) is 0 Å². The van der Waals surface area contributed by atoms with Crippen molar-refractivity contribution in [1.82, 2.24) is 9.55 Å². The lowest BCUT2D eigenvalue weighted by Crippen LogP contribution is -2.47. The maximum atomic E-state index is 10.6. The molecule has 3 heteroatoms. The molecular formula is C18H28N2O.